The van der Waals surface area contributed by atoms with Crippen LogP contribution in [0.1, 0.15) is 5.56 Å². The van der Waals surface area contributed by atoms with Gasteiger partial charge in [-0.3, -0.25) is 0 Å². The molecule has 0 aliphatic heterocycles. The summed E-state index contributed by atoms with van der Waals surface area (Å²) < 4.78 is 7.48. The Kier molecular flexibility index (Phi) is 4.54. The SMILES string of the molecule is Nc1cccc(Br)c1COc1ccc(Cl)cc1Br. The summed E-state index contributed by atoms with van der Waals surface area (Å²) in [5, 5.41) is 0.662. The Morgan fingerprint density at radius 3 is 2.56 bits per heavy atom. The molecule has 0 bridgehead atoms. The molecule has 2 aromatic rings. The van der Waals surface area contributed by atoms with Gasteiger partial charge >= 0.3 is 0 Å². The molecule has 0 amide bonds. The molecule has 5 heteroatoms. The third-order valence-corrected chi connectivity index (χ3v) is 4.02. The van der Waals surface area contributed by atoms with Crippen molar-refractivity contribution in [2.45, 2.75) is 6.61 Å². The van der Waals surface area contributed by atoms with Gasteiger partial charge in [-0.25, -0.2) is 0 Å². The summed E-state index contributed by atoms with van der Waals surface area (Å²) in [7, 11) is 0. The minimum Gasteiger partial charge on any atom is -0.488 e. The van der Waals surface area contributed by atoms with Crippen LogP contribution in [0.2, 0.25) is 5.02 Å². The van der Waals surface area contributed by atoms with Crippen molar-refractivity contribution in [3.8, 4) is 5.75 Å². The van der Waals surface area contributed by atoms with Crippen LogP contribution in [0.15, 0.2) is 45.3 Å². The highest BCUT2D eigenvalue weighted by atomic mass is 79.9. The van der Waals surface area contributed by atoms with Crippen LogP contribution >= 0.6 is 43.5 Å². The molecule has 0 fully saturated rings. The number of halogens is 3. The molecular formula is C13H10Br2ClNO. The Balaban J connectivity index is 2.16. The van der Waals surface area contributed by atoms with Crippen molar-refractivity contribution >= 4 is 49.1 Å². The molecule has 2 N–H and O–H groups in total. The summed E-state index contributed by atoms with van der Waals surface area (Å²) in [5.74, 6) is 0.731. The van der Waals surface area contributed by atoms with E-state index in [0.717, 1.165) is 20.3 Å². The van der Waals surface area contributed by atoms with Crippen molar-refractivity contribution in [2.24, 2.45) is 0 Å². The number of ether oxygens (including phenoxy) is 1. The van der Waals surface area contributed by atoms with Gasteiger partial charge in [-0.1, -0.05) is 33.6 Å². The molecule has 0 heterocycles. The first-order valence-corrected chi connectivity index (χ1v) is 7.15. The van der Waals surface area contributed by atoms with Crippen molar-refractivity contribution < 1.29 is 4.74 Å². The van der Waals surface area contributed by atoms with Crippen molar-refractivity contribution in [1.29, 1.82) is 0 Å². The molecule has 0 saturated heterocycles. The molecular weight excluding hydrogens is 381 g/mol. The fourth-order valence-corrected chi connectivity index (χ4v) is 2.76. The molecule has 2 rings (SSSR count). The summed E-state index contributed by atoms with van der Waals surface area (Å²) >= 11 is 12.7. The summed E-state index contributed by atoms with van der Waals surface area (Å²) in [6, 6.07) is 11.1. The van der Waals surface area contributed by atoms with Gasteiger partial charge in [-0.15, -0.1) is 0 Å². The Morgan fingerprint density at radius 2 is 1.89 bits per heavy atom. The van der Waals surface area contributed by atoms with Gasteiger partial charge in [0.2, 0.25) is 0 Å². The fraction of sp³-hybridized carbons (Fsp3) is 0.0769. The minimum absolute atomic E-state index is 0.396. The van der Waals surface area contributed by atoms with E-state index in [1.54, 1.807) is 12.1 Å². The highest BCUT2D eigenvalue weighted by Gasteiger charge is 2.07. The highest BCUT2D eigenvalue weighted by Crippen LogP contribution is 2.30. The summed E-state index contributed by atoms with van der Waals surface area (Å²) in [5.41, 5.74) is 7.54. The topological polar surface area (TPSA) is 35.2 Å². The Hall–Kier alpha value is -0.710. The smallest absolute Gasteiger partial charge is 0.134 e. The van der Waals surface area contributed by atoms with E-state index in [-0.39, 0.29) is 0 Å². The maximum Gasteiger partial charge on any atom is 0.134 e. The van der Waals surface area contributed by atoms with Crippen LogP contribution in [-0.2, 0) is 6.61 Å². The number of rotatable bonds is 3. The Morgan fingerprint density at radius 1 is 1.11 bits per heavy atom. The molecule has 0 spiro atoms. The molecule has 0 aliphatic carbocycles. The summed E-state index contributed by atoms with van der Waals surface area (Å²) in [6.45, 7) is 0.396. The number of nitrogens with two attached hydrogens (primary N) is 1. The van der Waals surface area contributed by atoms with Crippen LogP contribution in [0.3, 0.4) is 0 Å². The maximum absolute atomic E-state index is 5.90. The van der Waals surface area contributed by atoms with E-state index in [9.17, 15) is 0 Å². The molecule has 0 radical (unpaired) electrons. The molecule has 0 saturated carbocycles. The van der Waals surface area contributed by atoms with Crippen LogP contribution in [0, 0.1) is 0 Å². The second kappa shape index (κ2) is 5.95. The van der Waals surface area contributed by atoms with Gasteiger partial charge in [0.05, 0.1) is 4.47 Å². The first-order chi connectivity index (χ1) is 8.58. The second-order valence-electron chi connectivity index (χ2n) is 3.67. The van der Waals surface area contributed by atoms with Gasteiger partial charge in [0.1, 0.15) is 12.4 Å². The van der Waals surface area contributed by atoms with E-state index < -0.39 is 0 Å². The third kappa shape index (κ3) is 3.19. The van der Waals surface area contributed by atoms with Crippen molar-refractivity contribution in [3.05, 3.63) is 55.9 Å². The number of anilines is 1. The number of benzene rings is 2. The monoisotopic (exact) mass is 389 g/mol. The zero-order valence-corrected chi connectivity index (χ0v) is 13.2. The molecule has 2 aromatic carbocycles. The molecule has 0 unspecified atom stereocenters. The van der Waals surface area contributed by atoms with E-state index in [2.05, 4.69) is 31.9 Å². The highest BCUT2D eigenvalue weighted by molar-refractivity contribution is 9.10. The first kappa shape index (κ1) is 13.7. The third-order valence-electron chi connectivity index (χ3n) is 2.42. The molecule has 0 aromatic heterocycles. The average molecular weight is 391 g/mol. The van der Waals surface area contributed by atoms with E-state index in [4.69, 9.17) is 22.1 Å². The van der Waals surface area contributed by atoms with Crippen molar-refractivity contribution in [1.82, 2.24) is 0 Å². The van der Waals surface area contributed by atoms with Gasteiger partial charge < -0.3 is 10.5 Å². The lowest BCUT2D eigenvalue weighted by Crippen LogP contribution is -2.01. The predicted molar refractivity (Wildman–Crippen MR) is 82.0 cm³/mol. The van der Waals surface area contributed by atoms with Gasteiger partial charge in [-0.05, 0) is 46.3 Å². The van der Waals surface area contributed by atoms with Crippen LogP contribution in [0.25, 0.3) is 0 Å². The molecule has 94 valence electrons. The van der Waals surface area contributed by atoms with Crippen molar-refractivity contribution in [2.75, 3.05) is 5.73 Å². The maximum atomic E-state index is 5.90. The van der Waals surface area contributed by atoms with Gasteiger partial charge in [0.15, 0.2) is 0 Å². The largest absolute Gasteiger partial charge is 0.488 e. The second-order valence-corrected chi connectivity index (χ2v) is 5.82. The lowest BCUT2D eigenvalue weighted by atomic mass is 10.2. The zero-order valence-electron chi connectivity index (χ0n) is 9.29. The quantitative estimate of drug-likeness (QED) is 0.745. The van der Waals surface area contributed by atoms with Crippen LogP contribution in [0.5, 0.6) is 5.75 Å². The summed E-state index contributed by atoms with van der Waals surface area (Å²) in [4.78, 5) is 0. The van der Waals surface area contributed by atoms with E-state index in [1.807, 2.05) is 24.3 Å². The van der Waals surface area contributed by atoms with E-state index in [1.165, 1.54) is 0 Å². The minimum atomic E-state index is 0.396. The van der Waals surface area contributed by atoms with Gasteiger partial charge in [0, 0.05) is 20.7 Å². The number of hydrogen-bond acceptors (Lipinski definition) is 2. The zero-order chi connectivity index (χ0) is 13.1. The molecule has 2 nitrogen and oxygen atoms in total. The molecule has 0 atom stereocenters. The number of hydrogen-bond donors (Lipinski definition) is 1. The fourth-order valence-electron chi connectivity index (χ4n) is 1.47. The van der Waals surface area contributed by atoms with Crippen LogP contribution in [0.4, 0.5) is 5.69 Å². The Bertz CT molecular complexity index is 555. The molecule has 0 aliphatic rings. The summed E-state index contributed by atoms with van der Waals surface area (Å²) in [6.07, 6.45) is 0. The standard InChI is InChI=1S/C13H10Br2ClNO/c14-10-2-1-3-12(17)9(10)7-18-13-5-4-8(16)6-11(13)15/h1-6H,7,17H2. The normalized spacial score (nSPS) is 10.4. The van der Waals surface area contributed by atoms with E-state index >= 15 is 0 Å². The van der Waals surface area contributed by atoms with Crippen LogP contribution in [-0.4, -0.2) is 0 Å². The first-order valence-electron chi connectivity index (χ1n) is 5.18. The number of nitrogen functional groups attached to an aromatic ring is 1. The predicted octanol–water partition coefficient (Wildman–Crippen LogP) is 5.03. The van der Waals surface area contributed by atoms with Gasteiger partial charge in [-0.2, -0.15) is 0 Å². The average Bonchev–Trinajstić information content (AvgIpc) is 2.31. The van der Waals surface area contributed by atoms with Crippen molar-refractivity contribution in [3.63, 3.8) is 0 Å². The Labute approximate surface area is 127 Å². The van der Waals surface area contributed by atoms with Gasteiger partial charge in [0.25, 0.3) is 0 Å². The molecule has 18 heavy (non-hydrogen) atoms. The lowest BCUT2D eigenvalue weighted by Gasteiger charge is -2.11. The van der Waals surface area contributed by atoms with E-state index in [0.29, 0.717) is 17.3 Å². The van der Waals surface area contributed by atoms with Crippen LogP contribution < -0.4 is 10.5 Å². The lowest BCUT2D eigenvalue weighted by molar-refractivity contribution is 0.304.